The summed E-state index contributed by atoms with van der Waals surface area (Å²) in [5, 5.41) is 19.2. The van der Waals surface area contributed by atoms with Gasteiger partial charge in [-0.05, 0) is 12.0 Å². The molecule has 0 bridgehead atoms. The molecular weight excluding hydrogens is 280 g/mol. The van der Waals surface area contributed by atoms with E-state index in [1.807, 2.05) is 6.07 Å². The summed E-state index contributed by atoms with van der Waals surface area (Å²) < 4.78 is 5.38. The van der Waals surface area contributed by atoms with Crippen LogP contribution in [0.2, 0.25) is 0 Å². The van der Waals surface area contributed by atoms with Gasteiger partial charge in [-0.2, -0.15) is 5.26 Å². The maximum absolute atomic E-state index is 8.59. The van der Waals surface area contributed by atoms with Crippen LogP contribution in [0.3, 0.4) is 0 Å². The van der Waals surface area contributed by atoms with E-state index in [2.05, 4.69) is 34.4 Å². The first-order valence-corrected chi connectivity index (χ1v) is 7.45. The van der Waals surface area contributed by atoms with Gasteiger partial charge in [0.15, 0.2) is 5.69 Å². The summed E-state index contributed by atoms with van der Waals surface area (Å²) >= 11 is 2.89. The number of rotatable bonds is 5. The van der Waals surface area contributed by atoms with Crippen molar-refractivity contribution < 1.29 is 4.18 Å². The van der Waals surface area contributed by atoms with Crippen molar-refractivity contribution in [2.45, 2.75) is 25.5 Å². The molecule has 0 atom stereocenters. The van der Waals surface area contributed by atoms with Crippen molar-refractivity contribution in [1.82, 2.24) is 15.2 Å². The van der Waals surface area contributed by atoms with E-state index in [1.165, 1.54) is 12.0 Å². The molecule has 2 heterocycles. The minimum absolute atomic E-state index is 0.277. The van der Waals surface area contributed by atoms with Gasteiger partial charge in [-0.15, -0.1) is 21.5 Å². The molecule has 7 heteroatoms. The Morgan fingerprint density at radius 3 is 2.84 bits per heavy atom. The van der Waals surface area contributed by atoms with Crippen molar-refractivity contribution in [3.05, 3.63) is 33.9 Å². The van der Waals surface area contributed by atoms with Gasteiger partial charge in [0.25, 0.3) is 0 Å². The average molecular weight is 292 g/mol. The van der Waals surface area contributed by atoms with Gasteiger partial charge in [-0.25, -0.2) is 4.98 Å². The molecule has 0 amide bonds. The predicted octanol–water partition coefficient (Wildman–Crippen LogP) is 3.16. The lowest BCUT2D eigenvalue weighted by atomic mass is 10.2. The van der Waals surface area contributed by atoms with Crippen LogP contribution in [0.25, 0.3) is 0 Å². The maximum atomic E-state index is 8.59. The maximum Gasteiger partial charge on any atom is 0.247 e. The summed E-state index contributed by atoms with van der Waals surface area (Å²) in [5.41, 5.74) is 1.39. The fourth-order valence-electron chi connectivity index (χ4n) is 1.22. The minimum atomic E-state index is 0.277. The molecular formula is C12H12N4OS2. The first-order chi connectivity index (χ1) is 9.19. The molecule has 98 valence electrons. The Bertz CT molecular complexity index is 574. The smallest absolute Gasteiger partial charge is 0.247 e. The molecule has 0 aliphatic rings. The highest BCUT2D eigenvalue weighted by Gasteiger charge is 2.06. The molecule has 2 aromatic rings. The fraction of sp³-hybridized carbons (Fsp3) is 0.333. The number of thiazole rings is 1. The average Bonchev–Trinajstić information content (AvgIpc) is 2.89. The van der Waals surface area contributed by atoms with Gasteiger partial charge in [-0.3, -0.25) is 0 Å². The number of hydrogen-bond donors (Lipinski definition) is 0. The van der Waals surface area contributed by atoms with Crippen LogP contribution in [0.5, 0.6) is 5.88 Å². The van der Waals surface area contributed by atoms with Gasteiger partial charge in [0.1, 0.15) is 11.1 Å². The van der Waals surface area contributed by atoms with Crippen molar-refractivity contribution in [3.63, 3.8) is 0 Å². The van der Waals surface area contributed by atoms with E-state index < -0.39 is 0 Å². The Balaban J connectivity index is 1.83. The number of nitrogens with zero attached hydrogens (tertiary/aromatic N) is 4. The third-order valence-corrected chi connectivity index (χ3v) is 3.97. The first kappa shape index (κ1) is 13.8. The molecule has 0 aliphatic heterocycles. The van der Waals surface area contributed by atoms with E-state index in [1.54, 1.807) is 23.5 Å². The van der Waals surface area contributed by atoms with Crippen LogP contribution in [0.15, 0.2) is 17.5 Å². The van der Waals surface area contributed by atoms with Gasteiger partial charge in [0.05, 0.1) is 23.5 Å². The monoisotopic (exact) mass is 292 g/mol. The zero-order valence-electron chi connectivity index (χ0n) is 10.5. The summed E-state index contributed by atoms with van der Waals surface area (Å²) in [6.45, 7) is 4.24. The Morgan fingerprint density at radius 2 is 2.26 bits per heavy atom. The second kappa shape index (κ2) is 6.50. The van der Waals surface area contributed by atoms with Crippen LogP contribution in [0, 0.1) is 11.3 Å². The van der Waals surface area contributed by atoms with Crippen molar-refractivity contribution in [2.24, 2.45) is 0 Å². The van der Waals surface area contributed by atoms with Crippen molar-refractivity contribution in [2.75, 3.05) is 0 Å². The molecule has 0 saturated heterocycles. The normalized spacial score (nSPS) is 10.4. The zero-order chi connectivity index (χ0) is 13.7. The molecule has 2 rings (SSSR count). The molecule has 0 aliphatic carbocycles. The zero-order valence-corrected chi connectivity index (χ0v) is 12.2. The minimum Gasteiger partial charge on any atom is -0.404 e. The highest BCUT2D eigenvalue weighted by Crippen LogP contribution is 2.22. The van der Waals surface area contributed by atoms with Crippen LogP contribution in [0.4, 0.5) is 0 Å². The Hall–Kier alpha value is -1.65. The van der Waals surface area contributed by atoms with Gasteiger partial charge >= 0.3 is 0 Å². The molecule has 0 aromatic carbocycles. The van der Waals surface area contributed by atoms with E-state index in [0.717, 1.165) is 10.7 Å². The second-order valence-electron chi connectivity index (χ2n) is 4.03. The quantitative estimate of drug-likeness (QED) is 0.788. The third kappa shape index (κ3) is 3.91. The number of nitriles is 1. The fourth-order valence-corrected chi connectivity index (χ4v) is 2.81. The van der Waals surface area contributed by atoms with Crippen LogP contribution >= 0.6 is 23.4 Å². The van der Waals surface area contributed by atoms with Gasteiger partial charge in [-0.1, -0.05) is 13.8 Å². The van der Waals surface area contributed by atoms with E-state index in [4.69, 9.17) is 9.44 Å². The molecule has 5 nitrogen and oxygen atoms in total. The molecule has 0 unspecified atom stereocenters. The Kier molecular flexibility index (Phi) is 4.71. The van der Waals surface area contributed by atoms with Crippen LogP contribution in [0.1, 0.15) is 36.2 Å². The summed E-state index contributed by atoms with van der Waals surface area (Å²) in [6, 6.07) is 5.10. The first-order valence-electron chi connectivity index (χ1n) is 5.66. The number of hydrogen-bond acceptors (Lipinski definition) is 7. The molecule has 19 heavy (non-hydrogen) atoms. The van der Waals surface area contributed by atoms with E-state index in [-0.39, 0.29) is 5.69 Å². The van der Waals surface area contributed by atoms with Crippen molar-refractivity contribution in [1.29, 1.82) is 5.26 Å². The van der Waals surface area contributed by atoms with Gasteiger partial charge in [0.2, 0.25) is 5.88 Å². The number of aromatic nitrogens is 3. The largest absolute Gasteiger partial charge is 0.404 e. The lowest BCUT2D eigenvalue weighted by Crippen LogP contribution is -1.92. The van der Waals surface area contributed by atoms with Crippen LogP contribution in [-0.2, 0) is 5.75 Å². The summed E-state index contributed by atoms with van der Waals surface area (Å²) in [5.74, 6) is 1.50. The van der Waals surface area contributed by atoms with E-state index in [9.17, 15) is 0 Å². The third-order valence-electron chi connectivity index (χ3n) is 2.24. The van der Waals surface area contributed by atoms with Crippen LogP contribution < -0.4 is 4.18 Å². The lowest BCUT2D eigenvalue weighted by Gasteiger charge is -2.00. The summed E-state index contributed by atoms with van der Waals surface area (Å²) in [6.07, 6.45) is 0. The lowest BCUT2D eigenvalue weighted by molar-refractivity contribution is 0.599. The Morgan fingerprint density at radius 1 is 1.42 bits per heavy atom. The molecule has 0 radical (unpaired) electrons. The predicted molar refractivity (Wildman–Crippen MR) is 74.9 cm³/mol. The van der Waals surface area contributed by atoms with Gasteiger partial charge in [0, 0.05) is 11.4 Å². The van der Waals surface area contributed by atoms with E-state index >= 15 is 0 Å². The second-order valence-corrected chi connectivity index (χ2v) is 5.67. The molecule has 2 aromatic heterocycles. The molecule has 0 N–H and O–H groups in total. The van der Waals surface area contributed by atoms with Crippen molar-refractivity contribution >= 4 is 23.4 Å². The summed E-state index contributed by atoms with van der Waals surface area (Å²) in [4.78, 5) is 4.51. The standard InChI is InChI=1S/C12H12N4OS2/c1-8(2)10-6-18-12(14-10)7-19-17-11-4-3-9(5-13)15-16-11/h3-4,6,8H,7H2,1-2H3. The highest BCUT2D eigenvalue weighted by atomic mass is 32.2. The highest BCUT2D eigenvalue weighted by molar-refractivity contribution is 7.94. The summed E-state index contributed by atoms with van der Waals surface area (Å²) in [7, 11) is 0. The topological polar surface area (TPSA) is 71.7 Å². The van der Waals surface area contributed by atoms with Crippen molar-refractivity contribution in [3.8, 4) is 11.9 Å². The van der Waals surface area contributed by atoms with Gasteiger partial charge < -0.3 is 4.18 Å². The SMILES string of the molecule is CC(C)c1csc(CSOc2ccc(C#N)nn2)n1. The Labute approximate surface area is 119 Å². The van der Waals surface area contributed by atoms with Crippen LogP contribution in [-0.4, -0.2) is 15.2 Å². The van der Waals surface area contributed by atoms with E-state index in [0.29, 0.717) is 17.6 Å². The molecule has 0 fully saturated rings. The molecule has 0 spiro atoms. The molecule has 0 saturated carbocycles.